The van der Waals surface area contributed by atoms with Crippen molar-refractivity contribution in [2.24, 2.45) is 0 Å². The summed E-state index contributed by atoms with van der Waals surface area (Å²) in [5.74, 6) is 0.0510. The Hall–Kier alpha value is -1.48. The molecule has 1 aliphatic rings. The minimum absolute atomic E-state index is 0.0510. The van der Waals surface area contributed by atoms with Gasteiger partial charge in [0.05, 0.1) is 18.5 Å². The molecule has 2 aromatic heterocycles. The second kappa shape index (κ2) is 4.57. The highest BCUT2D eigenvalue weighted by molar-refractivity contribution is 6.18. The van der Waals surface area contributed by atoms with Crippen LogP contribution in [0.4, 0.5) is 0 Å². The largest absolute Gasteiger partial charge is 0.387 e. The van der Waals surface area contributed by atoms with E-state index in [0.717, 1.165) is 0 Å². The highest BCUT2D eigenvalue weighted by atomic mass is 35.5. The average Bonchev–Trinajstić information content (AvgIpc) is 2.94. The van der Waals surface area contributed by atoms with Crippen LogP contribution < -0.4 is 5.56 Å². The van der Waals surface area contributed by atoms with Crippen LogP contribution in [0.15, 0.2) is 17.4 Å². The van der Waals surface area contributed by atoms with Crippen LogP contribution in [-0.2, 0) is 4.74 Å². The van der Waals surface area contributed by atoms with Gasteiger partial charge < -0.3 is 19.9 Å². The number of hydrogen-bond donors (Lipinski definition) is 3. The maximum Gasteiger partial charge on any atom is 0.278 e. The van der Waals surface area contributed by atoms with Crippen LogP contribution in [0.2, 0.25) is 0 Å². The zero-order chi connectivity index (χ0) is 13.6. The van der Waals surface area contributed by atoms with Crippen molar-refractivity contribution in [3.05, 3.63) is 23.0 Å². The van der Waals surface area contributed by atoms with Crippen molar-refractivity contribution in [2.45, 2.75) is 24.5 Å². The molecule has 8 nitrogen and oxygen atoms in total. The summed E-state index contributed by atoms with van der Waals surface area (Å²) in [5.41, 5.74) is 0.0306. The van der Waals surface area contributed by atoms with Crippen molar-refractivity contribution in [3.8, 4) is 0 Å². The minimum Gasteiger partial charge on any atom is -0.387 e. The van der Waals surface area contributed by atoms with Crippen molar-refractivity contribution in [2.75, 3.05) is 5.88 Å². The van der Waals surface area contributed by atoms with Crippen LogP contribution >= 0.6 is 11.6 Å². The highest BCUT2D eigenvalue weighted by Gasteiger charge is 2.43. The number of aliphatic hydroxyl groups excluding tert-OH is 2. The molecule has 0 spiro atoms. The normalized spacial score (nSPS) is 31.1. The van der Waals surface area contributed by atoms with Gasteiger partial charge in [-0.2, -0.15) is 0 Å². The van der Waals surface area contributed by atoms with Crippen LogP contribution in [-0.4, -0.2) is 53.9 Å². The van der Waals surface area contributed by atoms with Gasteiger partial charge in [-0.05, 0) is 0 Å². The van der Waals surface area contributed by atoms with Crippen LogP contribution in [0.3, 0.4) is 0 Å². The first-order valence-electron chi connectivity index (χ1n) is 5.61. The Labute approximate surface area is 111 Å². The first-order valence-corrected chi connectivity index (χ1v) is 6.14. The van der Waals surface area contributed by atoms with Crippen molar-refractivity contribution in [1.29, 1.82) is 0 Å². The summed E-state index contributed by atoms with van der Waals surface area (Å²) in [6.45, 7) is 0. The lowest BCUT2D eigenvalue weighted by molar-refractivity contribution is -0.0291. The number of aliphatic hydroxyl groups is 2. The fourth-order valence-corrected chi connectivity index (χ4v) is 2.39. The van der Waals surface area contributed by atoms with E-state index in [1.807, 2.05) is 0 Å². The number of H-pyrrole nitrogens is 1. The maximum absolute atomic E-state index is 11.5. The fraction of sp³-hybridized carbons (Fsp3) is 0.500. The third-order valence-electron chi connectivity index (χ3n) is 3.13. The van der Waals surface area contributed by atoms with E-state index in [9.17, 15) is 15.0 Å². The summed E-state index contributed by atoms with van der Waals surface area (Å²) in [6.07, 6.45) is -1.24. The van der Waals surface area contributed by atoms with E-state index in [-0.39, 0.29) is 22.6 Å². The third-order valence-corrected chi connectivity index (χ3v) is 3.43. The molecular formula is C10H11ClN4O4. The molecule has 1 saturated heterocycles. The Bertz CT molecular complexity index is 656. The zero-order valence-electron chi connectivity index (χ0n) is 9.60. The van der Waals surface area contributed by atoms with E-state index >= 15 is 0 Å². The number of nitrogens with zero attached hydrogens (tertiary/aromatic N) is 3. The van der Waals surface area contributed by atoms with Gasteiger partial charge in [-0.15, -0.1) is 11.6 Å². The Morgan fingerprint density at radius 3 is 2.89 bits per heavy atom. The Morgan fingerprint density at radius 2 is 2.21 bits per heavy atom. The van der Waals surface area contributed by atoms with Gasteiger partial charge in [0.25, 0.3) is 5.56 Å². The summed E-state index contributed by atoms with van der Waals surface area (Å²) < 4.78 is 6.87. The van der Waals surface area contributed by atoms with E-state index in [1.165, 1.54) is 17.2 Å². The molecule has 9 heteroatoms. The summed E-state index contributed by atoms with van der Waals surface area (Å²) in [4.78, 5) is 21.9. The Balaban J connectivity index is 2.06. The number of ether oxygens (including phenoxy) is 1. The monoisotopic (exact) mass is 286 g/mol. The molecule has 0 aliphatic carbocycles. The number of aromatic nitrogens is 4. The number of fused-ring (bicyclic) bond motifs is 1. The van der Waals surface area contributed by atoms with Crippen molar-refractivity contribution in [3.63, 3.8) is 0 Å². The number of hydrogen-bond acceptors (Lipinski definition) is 6. The first kappa shape index (κ1) is 12.5. The Morgan fingerprint density at radius 1 is 1.42 bits per heavy atom. The van der Waals surface area contributed by atoms with Gasteiger partial charge in [0.15, 0.2) is 17.4 Å². The summed E-state index contributed by atoms with van der Waals surface area (Å²) >= 11 is 5.65. The van der Waals surface area contributed by atoms with Crippen LogP contribution in [0.25, 0.3) is 11.2 Å². The molecule has 4 atom stereocenters. The third kappa shape index (κ3) is 1.84. The highest BCUT2D eigenvalue weighted by Crippen LogP contribution is 2.31. The molecule has 3 N–H and O–H groups in total. The number of imidazole rings is 1. The summed E-state index contributed by atoms with van der Waals surface area (Å²) in [6, 6.07) is 0. The molecule has 19 heavy (non-hydrogen) atoms. The molecule has 0 saturated carbocycles. The number of alkyl halides is 1. The molecule has 0 unspecified atom stereocenters. The lowest BCUT2D eigenvalue weighted by Crippen LogP contribution is -2.32. The molecule has 102 valence electrons. The Kier molecular flexibility index (Phi) is 3.02. The van der Waals surface area contributed by atoms with Gasteiger partial charge in [-0.3, -0.25) is 9.36 Å². The molecule has 0 radical (unpaired) electrons. The predicted octanol–water partition coefficient (Wildman–Crippen LogP) is -1.02. The first-order chi connectivity index (χ1) is 9.13. The molecule has 1 aliphatic heterocycles. The van der Waals surface area contributed by atoms with Crippen LogP contribution in [0.5, 0.6) is 0 Å². The van der Waals surface area contributed by atoms with Crippen molar-refractivity contribution in [1.82, 2.24) is 19.5 Å². The smallest absolute Gasteiger partial charge is 0.278 e. The standard InChI is InChI=1S/C10H11ClN4O4/c11-1-4-6(16)7(17)10(19-4)15-3-14-5-8(15)12-2-13-9(5)18/h2-4,6-7,10,16-17H,1H2,(H,12,13,18)/t4-,6-,7+,10-/m1/s1. The minimum atomic E-state index is -1.16. The quantitative estimate of drug-likeness (QED) is 0.609. The molecule has 3 rings (SSSR count). The molecule has 3 heterocycles. The summed E-state index contributed by atoms with van der Waals surface area (Å²) in [5, 5.41) is 19.7. The van der Waals surface area contributed by atoms with Gasteiger partial charge >= 0.3 is 0 Å². The topological polar surface area (TPSA) is 113 Å². The van der Waals surface area contributed by atoms with E-state index < -0.39 is 24.5 Å². The van der Waals surface area contributed by atoms with E-state index in [1.54, 1.807) is 0 Å². The predicted molar refractivity (Wildman–Crippen MR) is 64.8 cm³/mol. The molecule has 1 fully saturated rings. The molecular weight excluding hydrogens is 276 g/mol. The van der Waals surface area contributed by atoms with Gasteiger partial charge in [-0.25, -0.2) is 9.97 Å². The number of aromatic amines is 1. The van der Waals surface area contributed by atoms with Crippen molar-refractivity contribution < 1.29 is 14.9 Å². The van der Waals surface area contributed by atoms with Gasteiger partial charge in [0.1, 0.15) is 18.3 Å². The van der Waals surface area contributed by atoms with E-state index in [4.69, 9.17) is 16.3 Å². The lowest BCUT2D eigenvalue weighted by Gasteiger charge is -2.16. The second-order valence-corrected chi connectivity index (χ2v) is 4.56. The van der Waals surface area contributed by atoms with Crippen molar-refractivity contribution >= 4 is 22.8 Å². The molecule has 0 aromatic carbocycles. The molecule has 0 amide bonds. The van der Waals surface area contributed by atoms with Crippen LogP contribution in [0, 0.1) is 0 Å². The van der Waals surface area contributed by atoms with Gasteiger partial charge in [0.2, 0.25) is 0 Å². The van der Waals surface area contributed by atoms with Crippen LogP contribution in [0.1, 0.15) is 6.23 Å². The number of halogens is 1. The van der Waals surface area contributed by atoms with E-state index in [2.05, 4.69) is 15.0 Å². The fourth-order valence-electron chi connectivity index (χ4n) is 2.14. The molecule has 0 bridgehead atoms. The van der Waals surface area contributed by atoms with Gasteiger partial charge in [-0.1, -0.05) is 0 Å². The SMILES string of the molecule is O=c1[nH]cnc2c1ncn2[C@@H]1O[C@H](CCl)[C@@H](O)[C@@H]1O. The number of nitrogens with one attached hydrogen (secondary N) is 1. The lowest BCUT2D eigenvalue weighted by atomic mass is 10.1. The zero-order valence-corrected chi connectivity index (χ0v) is 10.4. The maximum atomic E-state index is 11.5. The average molecular weight is 287 g/mol. The number of rotatable bonds is 2. The summed E-state index contributed by atoms with van der Waals surface area (Å²) in [7, 11) is 0. The van der Waals surface area contributed by atoms with E-state index in [0.29, 0.717) is 0 Å². The second-order valence-electron chi connectivity index (χ2n) is 4.26. The molecule has 2 aromatic rings. The van der Waals surface area contributed by atoms with Gasteiger partial charge in [0, 0.05) is 0 Å².